The molecule has 3 aromatic rings. The summed E-state index contributed by atoms with van der Waals surface area (Å²) in [6.07, 6.45) is 2.53. The minimum Gasteiger partial charge on any atom is -0.465 e. The van der Waals surface area contributed by atoms with Gasteiger partial charge in [-0.05, 0) is 49.8 Å². The molecule has 1 aliphatic rings. The topological polar surface area (TPSA) is 76.4 Å². The van der Waals surface area contributed by atoms with E-state index in [2.05, 4.69) is 74.5 Å². The van der Waals surface area contributed by atoms with Crippen LogP contribution >= 0.6 is 0 Å². The van der Waals surface area contributed by atoms with Crippen molar-refractivity contribution in [2.45, 2.75) is 65.8 Å². The van der Waals surface area contributed by atoms with Crippen LogP contribution in [-0.2, 0) is 28.4 Å². The third-order valence-corrected chi connectivity index (χ3v) is 7.19. The highest BCUT2D eigenvalue weighted by atomic mass is 16.5. The number of benzene rings is 1. The zero-order valence-electron chi connectivity index (χ0n) is 23.1. The van der Waals surface area contributed by atoms with Gasteiger partial charge in [0.2, 0.25) is 5.95 Å². The molecule has 36 heavy (non-hydrogen) atoms. The van der Waals surface area contributed by atoms with Gasteiger partial charge in [-0.15, -0.1) is 0 Å². The second-order valence-electron chi connectivity index (χ2n) is 11.5. The SMILES string of the molecule is CCOC(=O)CN1CCN(c2nc(Cc3cc(C(C)(C)C)ccc3C)c3c(ncn3C)n2)CC1(C)C. The van der Waals surface area contributed by atoms with E-state index in [1.165, 1.54) is 16.7 Å². The van der Waals surface area contributed by atoms with Crippen LogP contribution < -0.4 is 4.90 Å². The van der Waals surface area contributed by atoms with Crippen LogP contribution in [0.2, 0.25) is 0 Å². The maximum Gasteiger partial charge on any atom is 0.320 e. The number of imidazole rings is 1. The first-order valence-electron chi connectivity index (χ1n) is 12.8. The van der Waals surface area contributed by atoms with Gasteiger partial charge >= 0.3 is 5.97 Å². The summed E-state index contributed by atoms with van der Waals surface area (Å²) in [5, 5.41) is 0. The average Bonchev–Trinajstić information content (AvgIpc) is 3.16. The van der Waals surface area contributed by atoms with Crippen LogP contribution in [0.1, 0.15) is 63.9 Å². The van der Waals surface area contributed by atoms with E-state index in [-0.39, 0.29) is 16.9 Å². The number of hydrogen-bond donors (Lipinski definition) is 0. The van der Waals surface area contributed by atoms with E-state index in [1.807, 2.05) is 24.9 Å². The lowest BCUT2D eigenvalue weighted by atomic mass is 9.84. The standard InChI is InChI=1S/C28H40N6O2/c1-9-36-23(35)16-34-13-12-33(17-28(34,6)7)26-30-22(24-25(31-26)29-18-32(24)8)15-20-14-21(27(3,4)5)11-10-19(20)2/h10-11,14,18H,9,12-13,15-17H2,1-8H3. The number of carbonyl (C=O) groups excluding carboxylic acids is 1. The molecule has 194 valence electrons. The number of piperazine rings is 1. The molecule has 1 aromatic carbocycles. The van der Waals surface area contributed by atoms with Gasteiger partial charge in [0.15, 0.2) is 5.65 Å². The summed E-state index contributed by atoms with van der Waals surface area (Å²) >= 11 is 0. The van der Waals surface area contributed by atoms with E-state index in [9.17, 15) is 4.79 Å². The molecular weight excluding hydrogens is 452 g/mol. The van der Waals surface area contributed by atoms with E-state index < -0.39 is 0 Å². The molecule has 4 rings (SSSR count). The Kier molecular flexibility index (Phi) is 7.10. The first-order valence-corrected chi connectivity index (χ1v) is 12.8. The molecule has 0 bridgehead atoms. The average molecular weight is 493 g/mol. The van der Waals surface area contributed by atoms with E-state index in [0.717, 1.165) is 24.3 Å². The number of aromatic nitrogens is 4. The summed E-state index contributed by atoms with van der Waals surface area (Å²) in [6.45, 7) is 17.9. The van der Waals surface area contributed by atoms with Gasteiger partial charge in [0.1, 0.15) is 5.52 Å². The Morgan fingerprint density at radius 2 is 1.92 bits per heavy atom. The second kappa shape index (κ2) is 9.81. The van der Waals surface area contributed by atoms with Gasteiger partial charge in [0, 0.05) is 38.6 Å². The number of anilines is 1. The molecule has 0 spiro atoms. The van der Waals surface area contributed by atoms with Gasteiger partial charge < -0.3 is 14.2 Å². The Morgan fingerprint density at radius 3 is 2.58 bits per heavy atom. The van der Waals surface area contributed by atoms with Crippen molar-refractivity contribution in [2.24, 2.45) is 7.05 Å². The first-order chi connectivity index (χ1) is 16.9. The highest BCUT2D eigenvalue weighted by Crippen LogP contribution is 2.29. The number of fused-ring (bicyclic) bond motifs is 1. The van der Waals surface area contributed by atoms with Gasteiger partial charge in [-0.1, -0.05) is 39.0 Å². The maximum atomic E-state index is 12.1. The smallest absolute Gasteiger partial charge is 0.320 e. The van der Waals surface area contributed by atoms with Crippen LogP contribution in [0.4, 0.5) is 5.95 Å². The maximum absolute atomic E-state index is 12.1. The lowest BCUT2D eigenvalue weighted by Crippen LogP contribution is -2.60. The fourth-order valence-corrected chi connectivity index (χ4v) is 4.92. The molecule has 0 aliphatic carbocycles. The molecule has 1 saturated heterocycles. The predicted octanol–water partition coefficient (Wildman–Crippen LogP) is 4.02. The zero-order valence-corrected chi connectivity index (χ0v) is 23.1. The van der Waals surface area contributed by atoms with E-state index >= 15 is 0 Å². The minimum atomic E-state index is -0.231. The molecule has 2 aromatic heterocycles. The van der Waals surface area contributed by atoms with Crippen molar-refractivity contribution in [1.82, 2.24) is 24.4 Å². The Labute approximate surface area is 214 Å². The van der Waals surface area contributed by atoms with Gasteiger partial charge in [-0.2, -0.15) is 4.98 Å². The number of rotatable bonds is 6. The van der Waals surface area contributed by atoms with Crippen LogP contribution in [0.5, 0.6) is 0 Å². The Hall–Kier alpha value is -3.00. The lowest BCUT2D eigenvalue weighted by Gasteiger charge is -2.46. The van der Waals surface area contributed by atoms with Gasteiger partial charge in [-0.3, -0.25) is 9.69 Å². The summed E-state index contributed by atoms with van der Waals surface area (Å²) in [5.74, 6) is 0.519. The van der Waals surface area contributed by atoms with Crippen molar-refractivity contribution in [1.29, 1.82) is 0 Å². The van der Waals surface area contributed by atoms with Crippen molar-refractivity contribution in [3.8, 4) is 0 Å². The quantitative estimate of drug-likeness (QED) is 0.481. The second-order valence-corrected chi connectivity index (χ2v) is 11.5. The van der Waals surface area contributed by atoms with Crippen LogP contribution in [0.25, 0.3) is 11.2 Å². The molecule has 0 saturated carbocycles. The molecule has 0 unspecified atom stereocenters. The first kappa shape index (κ1) is 26.1. The molecule has 3 heterocycles. The number of nitrogens with zero attached hydrogens (tertiary/aromatic N) is 6. The fraction of sp³-hybridized carbons (Fsp3) is 0.571. The Balaban J connectivity index is 1.66. The number of esters is 1. The van der Waals surface area contributed by atoms with Crippen molar-refractivity contribution in [3.05, 3.63) is 46.9 Å². The molecule has 1 aliphatic heterocycles. The molecule has 0 radical (unpaired) electrons. The monoisotopic (exact) mass is 492 g/mol. The molecule has 1 fully saturated rings. The molecule has 0 N–H and O–H groups in total. The van der Waals surface area contributed by atoms with Gasteiger partial charge in [0.05, 0.1) is 25.2 Å². The number of hydrogen-bond acceptors (Lipinski definition) is 7. The summed E-state index contributed by atoms with van der Waals surface area (Å²) in [5.41, 5.74) is 6.37. The molecule has 8 heteroatoms. The lowest BCUT2D eigenvalue weighted by molar-refractivity contribution is -0.146. The van der Waals surface area contributed by atoms with Gasteiger partial charge in [0.25, 0.3) is 0 Å². The minimum absolute atomic E-state index is 0.0793. The predicted molar refractivity (Wildman–Crippen MR) is 143 cm³/mol. The van der Waals surface area contributed by atoms with E-state index in [4.69, 9.17) is 14.7 Å². The van der Waals surface area contributed by atoms with Crippen LogP contribution in [0, 0.1) is 6.92 Å². The van der Waals surface area contributed by atoms with Crippen molar-refractivity contribution in [2.75, 3.05) is 37.7 Å². The van der Waals surface area contributed by atoms with Crippen LogP contribution in [-0.4, -0.2) is 68.7 Å². The van der Waals surface area contributed by atoms with E-state index in [1.54, 1.807) is 0 Å². The summed E-state index contributed by atoms with van der Waals surface area (Å²) in [6, 6.07) is 6.75. The summed E-state index contributed by atoms with van der Waals surface area (Å²) in [7, 11) is 2.00. The molecular formula is C28H40N6O2. The van der Waals surface area contributed by atoms with Crippen LogP contribution in [0.3, 0.4) is 0 Å². The van der Waals surface area contributed by atoms with Crippen molar-refractivity contribution in [3.63, 3.8) is 0 Å². The molecule has 8 nitrogen and oxygen atoms in total. The summed E-state index contributed by atoms with van der Waals surface area (Å²) in [4.78, 5) is 31.1. The highest BCUT2D eigenvalue weighted by Gasteiger charge is 2.36. The van der Waals surface area contributed by atoms with Crippen LogP contribution in [0.15, 0.2) is 24.5 Å². The largest absolute Gasteiger partial charge is 0.465 e. The van der Waals surface area contributed by atoms with Gasteiger partial charge in [-0.25, -0.2) is 9.97 Å². The number of carbonyl (C=O) groups is 1. The molecule has 0 atom stereocenters. The third-order valence-electron chi connectivity index (χ3n) is 7.19. The fourth-order valence-electron chi connectivity index (χ4n) is 4.92. The third kappa shape index (κ3) is 5.38. The number of aryl methyl sites for hydroxylation is 2. The van der Waals surface area contributed by atoms with Crippen molar-refractivity contribution >= 4 is 23.1 Å². The zero-order chi connectivity index (χ0) is 26.3. The number of ether oxygens (including phenoxy) is 1. The summed E-state index contributed by atoms with van der Waals surface area (Å²) < 4.78 is 7.19. The highest BCUT2D eigenvalue weighted by molar-refractivity contribution is 5.76. The van der Waals surface area contributed by atoms with Crippen molar-refractivity contribution < 1.29 is 9.53 Å². The van der Waals surface area contributed by atoms with E-state index in [0.29, 0.717) is 37.7 Å². The Bertz CT molecular complexity index is 1260. The molecule has 0 amide bonds. The Morgan fingerprint density at radius 1 is 1.17 bits per heavy atom. The normalized spacial score (nSPS) is 16.5.